The number of ether oxygens (including phenoxy) is 3. The first-order valence-electron chi connectivity index (χ1n) is 15.6. The third-order valence-corrected chi connectivity index (χ3v) is 11.7. The molecule has 6 saturated carbocycles. The van der Waals surface area contributed by atoms with Gasteiger partial charge in [0.2, 0.25) is 0 Å². The molecule has 12 unspecified atom stereocenters. The molecule has 6 aliphatic rings. The minimum Gasteiger partial charge on any atom is -0.501 e. The van der Waals surface area contributed by atoms with Crippen molar-refractivity contribution >= 4 is 11.6 Å². The zero-order valence-electron chi connectivity index (χ0n) is 23.8. The summed E-state index contributed by atoms with van der Waals surface area (Å²) in [5.41, 5.74) is 0. The SMILES string of the molecule is C.C=COCCCl.C=COCCOCC1C(CO)C2CC1C1CCCC12.OCC1C(CO)C2CC1C1CCCC12. The van der Waals surface area contributed by atoms with E-state index in [1.54, 1.807) is 0 Å². The van der Waals surface area contributed by atoms with Crippen LogP contribution in [-0.2, 0) is 14.2 Å². The van der Waals surface area contributed by atoms with Crippen LogP contribution in [0.2, 0.25) is 0 Å². The topological polar surface area (TPSA) is 88.4 Å². The van der Waals surface area contributed by atoms with Crippen molar-refractivity contribution in [3.05, 3.63) is 25.7 Å². The summed E-state index contributed by atoms with van der Waals surface area (Å²) in [4.78, 5) is 0. The fraction of sp³-hybridized carbons (Fsp3) is 0.879. The maximum Gasteiger partial charge on any atom is 0.111 e. The Balaban J connectivity index is 0.000000185. The van der Waals surface area contributed by atoms with Crippen molar-refractivity contribution in [3.8, 4) is 0 Å². The molecule has 0 aromatic rings. The second kappa shape index (κ2) is 16.7. The predicted molar refractivity (Wildman–Crippen MR) is 161 cm³/mol. The van der Waals surface area contributed by atoms with E-state index >= 15 is 0 Å². The highest BCUT2D eigenvalue weighted by molar-refractivity contribution is 6.17. The smallest absolute Gasteiger partial charge is 0.111 e. The fourth-order valence-electron chi connectivity index (χ4n) is 10.3. The van der Waals surface area contributed by atoms with Crippen molar-refractivity contribution in [2.75, 3.05) is 52.1 Å². The van der Waals surface area contributed by atoms with E-state index in [1.807, 2.05) is 0 Å². The van der Waals surface area contributed by atoms with Crippen LogP contribution in [-0.4, -0.2) is 67.4 Å². The van der Waals surface area contributed by atoms with E-state index in [9.17, 15) is 15.3 Å². The van der Waals surface area contributed by atoms with E-state index in [-0.39, 0.29) is 7.43 Å². The van der Waals surface area contributed by atoms with Crippen molar-refractivity contribution in [3.63, 3.8) is 0 Å². The lowest BCUT2D eigenvalue weighted by atomic mass is 9.70. The van der Waals surface area contributed by atoms with E-state index < -0.39 is 0 Å². The molecule has 6 aliphatic carbocycles. The molecule has 0 aromatic heterocycles. The average molecular weight is 585 g/mol. The molecule has 0 heterocycles. The molecule has 0 radical (unpaired) electrons. The molecule has 4 bridgehead atoms. The highest BCUT2D eigenvalue weighted by Crippen LogP contribution is 2.64. The van der Waals surface area contributed by atoms with Gasteiger partial charge in [-0.25, -0.2) is 0 Å². The van der Waals surface area contributed by atoms with Gasteiger partial charge in [-0.05, 0) is 110 Å². The summed E-state index contributed by atoms with van der Waals surface area (Å²) >= 11 is 5.21. The molecule has 0 amide bonds. The van der Waals surface area contributed by atoms with E-state index in [4.69, 9.17) is 21.1 Å². The van der Waals surface area contributed by atoms with E-state index in [0.29, 0.717) is 69.2 Å². The monoisotopic (exact) mass is 584 g/mol. The van der Waals surface area contributed by atoms with Crippen LogP contribution in [0.25, 0.3) is 0 Å². The van der Waals surface area contributed by atoms with Gasteiger partial charge >= 0.3 is 0 Å². The summed E-state index contributed by atoms with van der Waals surface area (Å²) < 4.78 is 15.5. The van der Waals surface area contributed by atoms with Gasteiger partial charge < -0.3 is 29.5 Å². The fourth-order valence-corrected chi connectivity index (χ4v) is 10.4. The Labute approximate surface area is 248 Å². The van der Waals surface area contributed by atoms with E-state index in [2.05, 4.69) is 17.9 Å². The van der Waals surface area contributed by atoms with Crippen LogP contribution in [0.5, 0.6) is 0 Å². The standard InChI is InChI=1S/C16H26O3.C12H20O2.C4H7ClO.CH4/c1-2-18-6-7-19-10-16-14-8-13(15(16)9-17)11-4-3-5-12(11)14;13-5-11-9-4-10(12(11)6-14)8-3-1-2-7(8)9;1-2-6-4-3-5;/h2,11-17H,1,3-10H2;7-14H,1-6H2;2H,1,3-4H2;1H4. The molecule has 3 N–H and O–H groups in total. The Hall–Kier alpha value is -0.790. The average Bonchev–Trinajstić information content (AvgIpc) is 3.78. The Bertz CT molecular complexity index is 728. The Kier molecular flexibility index (Phi) is 14.1. The van der Waals surface area contributed by atoms with E-state index in [1.165, 1.54) is 63.9 Å². The Morgan fingerprint density at radius 3 is 1.38 bits per heavy atom. The normalized spacial score (nSPS) is 41.1. The summed E-state index contributed by atoms with van der Waals surface area (Å²) in [5, 5.41) is 28.5. The quantitative estimate of drug-likeness (QED) is 0.154. The van der Waals surface area contributed by atoms with Gasteiger partial charge in [-0.2, -0.15) is 0 Å². The van der Waals surface area contributed by atoms with Gasteiger partial charge in [0.05, 0.1) is 31.6 Å². The van der Waals surface area contributed by atoms with Crippen LogP contribution >= 0.6 is 11.6 Å². The van der Waals surface area contributed by atoms with Gasteiger partial charge in [-0.3, -0.25) is 0 Å². The molecule has 7 heteroatoms. The summed E-state index contributed by atoms with van der Waals surface area (Å²) in [5.74, 6) is 9.19. The number of alkyl halides is 1. The minimum atomic E-state index is 0. The number of fused-ring (bicyclic) bond motifs is 10. The third-order valence-electron chi connectivity index (χ3n) is 11.6. The summed E-state index contributed by atoms with van der Waals surface area (Å²) in [6.07, 6.45) is 13.9. The van der Waals surface area contributed by atoms with Crippen molar-refractivity contribution in [2.45, 2.75) is 58.8 Å². The zero-order chi connectivity index (χ0) is 27.8. The Morgan fingerprint density at radius 2 is 1.00 bits per heavy atom. The van der Waals surface area contributed by atoms with Gasteiger partial charge in [0, 0.05) is 19.8 Å². The van der Waals surface area contributed by atoms with Crippen LogP contribution in [0.4, 0.5) is 0 Å². The summed E-state index contributed by atoms with van der Waals surface area (Å²) in [6.45, 7) is 10.4. The van der Waals surface area contributed by atoms with Gasteiger partial charge in [0.15, 0.2) is 0 Å². The van der Waals surface area contributed by atoms with Crippen LogP contribution in [0, 0.1) is 71.0 Å². The maximum absolute atomic E-state index is 9.73. The molecule has 40 heavy (non-hydrogen) atoms. The van der Waals surface area contributed by atoms with Crippen LogP contribution in [0.15, 0.2) is 25.7 Å². The lowest BCUT2D eigenvalue weighted by Gasteiger charge is -2.37. The van der Waals surface area contributed by atoms with Crippen LogP contribution in [0.1, 0.15) is 58.8 Å². The second-order valence-electron chi connectivity index (χ2n) is 12.7. The largest absolute Gasteiger partial charge is 0.501 e. The molecular weight excluding hydrogens is 528 g/mol. The number of halogens is 1. The van der Waals surface area contributed by atoms with Crippen LogP contribution < -0.4 is 0 Å². The molecule has 0 spiro atoms. The van der Waals surface area contributed by atoms with Crippen molar-refractivity contribution in [1.82, 2.24) is 0 Å². The number of hydrogen-bond acceptors (Lipinski definition) is 6. The molecule has 0 saturated heterocycles. The molecule has 232 valence electrons. The lowest BCUT2D eigenvalue weighted by molar-refractivity contribution is -0.00724. The summed E-state index contributed by atoms with van der Waals surface area (Å²) in [6, 6.07) is 0. The minimum absolute atomic E-state index is 0. The predicted octanol–water partition coefficient (Wildman–Crippen LogP) is 5.74. The van der Waals surface area contributed by atoms with Gasteiger partial charge in [0.1, 0.15) is 13.2 Å². The van der Waals surface area contributed by atoms with Crippen molar-refractivity contribution in [2.24, 2.45) is 71.0 Å². The molecule has 12 atom stereocenters. The zero-order valence-corrected chi connectivity index (χ0v) is 24.5. The molecule has 0 aromatic carbocycles. The number of rotatable bonds is 12. The number of aliphatic hydroxyl groups excluding tert-OH is 3. The maximum atomic E-state index is 9.73. The van der Waals surface area contributed by atoms with Crippen molar-refractivity contribution in [1.29, 1.82) is 0 Å². The number of aliphatic hydroxyl groups is 3. The third kappa shape index (κ3) is 7.05. The molecular formula is C33H57ClO6. The first kappa shape index (κ1) is 33.7. The number of hydrogen-bond donors (Lipinski definition) is 3. The summed E-state index contributed by atoms with van der Waals surface area (Å²) in [7, 11) is 0. The first-order chi connectivity index (χ1) is 19.1. The first-order valence-corrected chi connectivity index (χ1v) is 16.1. The highest BCUT2D eigenvalue weighted by atomic mass is 35.5. The van der Waals surface area contributed by atoms with Gasteiger partial charge in [-0.15, -0.1) is 11.6 Å². The molecule has 0 aliphatic heterocycles. The lowest BCUT2D eigenvalue weighted by Crippen LogP contribution is -2.37. The second-order valence-corrected chi connectivity index (χ2v) is 13.1. The van der Waals surface area contributed by atoms with Crippen LogP contribution in [0.3, 0.4) is 0 Å². The highest BCUT2D eigenvalue weighted by Gasteiger charge is 2.59. The molecule has 6 rings (SSSR count). The van der Waals surface area contributed by atoms with E-state index in [0.717, 1.165) is 54.0 Å². The molecule has 6 fully saturated rings. The van der Waals surface area contributed by atoms with Gasteiger partial charge in [-0.1, -0.05) is 33.4 Å². The Morgan fingerprint density at radius 1 is 0.600 bits per heavy atom. The van der Waals surface area contributed by atoms with Gasteiger partial charge in [0.25, 0.3) is 0 Å². The molecule has 6 nitrogen and oxygen atoms in total. The van der Waals surface area contributed by atoms with Crippen molar-refractivity contribution < 1.29 is 29.5 Å².